The molecule has 2 aromatic rings. The maximum absolute atomic E-state index is 12.6. The molecule has 2 aromatic carbocycles. The summed E-state index contributed by atoms with van der Waals surface area (Å²) in [5.41, 5.74) is 0.674. The number of halogens is 4. The second-order valence-corrected chi connectivity index (χ2v) is 6.10. The normalized spacial score (nSPS) is 11.3. The Bertz CT molecular complexity index is 843. The molecule has 2 rings (SSSR count). The molecule has 30 heavy (non-hydrogen) atoms. The van der Waals surface area contributed by atoms with Gasteiger partial charge in [-0.15, -0.1) is 24.0 Å². The molecule has 0 bridgehead atoms. The molecular formula is C20H24F3IN4O2. The predicted octanol–water partition coefficient (Wildman–Crippen LogP) is 4.03. The molecule has 0 atom stereocenters. The van der Waals surface area contributed by atoms with Crippen molar-refractivity contribution >= 4 is 41.5 Å². The molecule has 0 spiro atoms. The summed E-state index contributed by atoms with van der Waals surface area (Å²) < 4.78 is 43.4. The van der Waals surface area contributed by atoms with Crippen molar-refractivity contribution in [3.8, 4) is 5.75 Å². The molecule has 0 unspecified atom stereocenters. The highest BCUT2D eigenvalue weighted by atomic mass is 127. The van der Waals surface area contributed by atoms with Gasteiger partial charge in [0.2, 0.25) is 5.91 Å². The third kappa shape index (κ3) is 8.89. The highest BCUT2D eigenvalue weighted by molar-refractivity contribution is 14.0. The van der Waals surface area contributed by atoms with Crippen LogP contribution in [-0.4, -0.2) is 32.1 Å². The van der Waals surface area contributed by atoms with E-state index in [0.29, 0.717) is 42.7 Å². The average Bonchev–Trinajstić information content (AvgIpc) is 2.67. The van der Waals surface area contributed by atoms with Crippen LogP contribution in [0.25, 0.3) is 0 Å². The summed E-state index contributed by atoms with van der Waals surface area (Å²) in [6.07, 6.45) is -4.34. The summed E-state index contributed by atoms with van der Waals surface area (Å²) in [7, 11) is 1.60. The van der Waals surface area contributed by atoms with E-state index >= 15 is 0 Å². The molecule has 10 heteroatoms. The number of nitrogens with zero attached hydrogens (tertiary/aromatic N) is 1. The Balaban J connectivity index is 0.00000450. The molecule has 0 radical (unpaired) electrons. The van der Waals surface area contributed by atoms with E-state index in [-0.39, 0.29) is 29.9 Å². The lowest BCUT2D eigenvalue weighted by Crippen LogP contribution is -2.38. The number of amides is 1. The van der Waals surface area contributed by atoms with Crippen LogP contribution in [-0.2, 0) is 17.5 Å². The molecule has 0 saturated carbocycles. The van der Waals surface area contributed by atoms with E-state index in [1.54, 1.807) is 31.3 Å². The zero-order valence-corrected chi connectivity index (χ0v) is 18.9. The van der Waals surface area contributed by atoms with E-state index in [2.05, 4.69) is 20.9 Å². The van der Waals surface area contributed by atoms with E-state index in [4.69, 9.17) is 4.74 Å². The number of benzene rings is 2. The minimum atomic E-state index is -4.34. The lowest BCUT2D eigenvalue weighted by atomic mass is 10.1. The fraction of sp³-hybridized carbons (Fsp3) is 0.300. The number of aliphatic imine (C=N–C) groups is 1. The Hall–Kier alpha value is -2.50. The van der Waals surface area contributed by atoms with E-state index < -0.39 is 11.7 Å². The smallest absolute Gasteiger partial charge is 0.416 e. The Kier molecular flexibility index (Phi) is 10.4. The quantitative estimate of drug-likeness (QED) is 0.216. The number of nitrogens with one attached hydrogen (secondary N) is 3. The first-order chi connectivity index (χ1) is 13.8. The van der Waals surface area contributed by atoms with Crippen LogP contribution in [0.1, 0.15) is 18.1 Å². The first kappa shape index (κ1) is 25.5. The van der Waals surface area contributed by atoms with Crippen molar-refractivity contribution in [3.05, 3.63) is 59.7 Å². The number of rotatable bonds is 7. The van der Waals surface area contributed by atoms with Crippen LogP contribution in [0.4, 0.5) is 18.9 Å². The van der Waals surface area contributed by atoms with Crippen molar-refractivity contribution in [2.45, 2.75) is 19.6 Å². The lowest BCUT2D eigenvalue weighted by molar-refractivity contribution is -0.137. The molecule has 0 aliphatic carbocycles. The van der Waals surface area contributed by atoms with Crippen molar-refractivity contribution in [2.75, 3.05) is 25.5 Å². The summed E-state index contributed by atoms with van der Waals surface area (Å²) in [6, 6.07) is 12.0. The van der Waals surface area contributed by atoms with Crippen LogP contribution < -0.4 is 20.7 Å². The summed E-state index contributed by atoms with van der Waals surface area (Å²) in [5, 5.41) is 8.77. The molecule has 0 aromatic heterocycles. The number of carbonyl (C=O) groups excluding carboxylic acids is 1. The van der Waals surface area contributed by atoms with Crippen LogP contribution in [0.3, 0.4) is 0 Å². The molecular weight excluding hydrogens is 512 g/mol. The van der Waals surface area contributed by atoms with Gasteiger partial charge in [0.1, 0.15) is 12.4 Å². The third-order valence-corrected chi connectivity index (χ3v) is 3.78. The van der Waals surface area contributed by atoms with E-state index in [1.807, 2.05) is 0 Å². The minimum Gasteiger partial charge on any atom is -0.492 e. The van der Waals surface area contributed by atoms with Gasteiger partial charge in [-0.05, 0) is 29.8 Å². The van der Waals surface area contributed by atoms with Gasteiger partial charge in [0.25, 0.3) is 0 Å². The monoisotopic (exact) mass is 536 g/mol. The highest BCUT2D eigenvalue weighted by Gasteiger charge is 2.29. The largest absolute Gasteiger partial charge is 0.492 e. The van der Waals surface area contributed by atoms with Crippen molar-refractivity contribution in [2.24, 2.45) is 4.99 Å². The molecule has 6 nitrogen and oxygen atoms in total. The topological polar surface area (TPSA) is 74.8 Å². The van der Waals surface area contributed by atoms with Crippen LogP contribution in [0.15, 0.2) is 53.5 Å². The van der Waals surface area contributed by atoms with Crippen molar-refractivity contribution in [1.29, 1.82) is 0 Å². The number of carbonyl (C=O) groups is 1. The summed E-state index contributed by atoms with van der Waals surface area (Å²) >= 11 is 0. The van der Waals surface area contributed by atoms with Gasteiger partial charge in [0, 0.05) is 32.3 Å². The second-order valence-electron chi connectivity index (χ2n) is 6.10. The van der Waals surface area contributed by atoms with Crippen molar-refractivity contribution < 1.29 is 22.7 Å². The fourth-order valence-corrected chi connectivity index (χ4v) is 2.42. The van der Waals surface area contributed by atoms with Crippen LogP contribution in [0, 0.1) is 0 Å². The van der Waals surface area contributed by atoms with Crippen LogP contribution >= 0.6 is 24.0 Å². The zero-order chi connectivity index (χ0) is 21.3. The standard InChI is InChI=1S/C20H23F3N4O2.HI/c1-14(28)27-17-4-3-5-18(12-17)29-11-10-25-19(24-2)26-13-15-6-8-16(9-7-15)20(21,22)23;/h3-9,12H,10-11,13H2,1-2H3,(H,27,28)(H2,24,25,26);1H. The predicted molar refractivity (Wildman–Crippen MR) is 121 cm³/mol. The van der Waals surface area contributed by atoms with Gasteiger partial charge in [0.15, 0.2) is 5.96 Å². The Morgan fingerprint density at radius 3 is 2.40 bits per heavy atom. The molecule has 0 aliphatic heterocycles. The first-order valence-corrected chi connectivity index (χ1v) is 8.89. The van der Waals surface area contributed by atoms with E-state index in [0.717, 1.165) is 12.1 Å². The molecule has 1 amide bonds. The van der Waals surface area contributed by atoms with E-state index in [9.17, 15) is 18.0 Å². The molecule has 3 N–H and O–H groups in total. The number of hydrogen-bond acceptors (Lipinski definition) is 3. The van der Waals surface area contributed by atoms with Gasteiger partial charge in [0.05, 0.1) is 12.1 Å². The van der Waals surface area contributed by atoms with E-state index in [1.165, 1.54) is 19.1 Å². The minimum absolute atomic E-state index is 0. The molecule has 0 fully saturated rings. The summed E-state index contributed by atoms with van der Waals surface area (Å²) in [4.78, 5) is 15.1. The number of hydrogen-bond donors (Lipinski definition) is 3. The van der Waals surface area contributed by atoms with Gasteiger partial charge in [-0.3, -0.25) is 9.79 Å². The molecule has 164 valence electrons. The van der Waals surface area contributed by atoms with Gasteiger partial charge in [-0.25, -0.2) is 0 Å². The number of anilines is 1. The number of ether oxygens (including phenoxy) is 1. The first-order valence-electron chi connectivity index (χ1n) is 8.89. The second kappa shape index (κ2) is 12.3. The molecule has 0 saturated heterocycles. The highest BCUT2D eigenvalue weighted by Crippen LogP contribution is 2.29. The lowest BCUT2D eigenvalue weighted by Gasteiger charge is -2.13. The maximum atomic E-state index is 12.6. The molecule has 0 aliphatic rings. The van der Waals surface area contributed by atoms with Gasteiger partial charge >= 0.3 is 6.18 Å². The Morgan fingerprint density at radius 2 is 1.80 bits per heavy atom. The van der Waals surface area contributed by atoms with Gasteiger partial charge < -0.3 is 20.7 Å². The van der Waals surface area contributed by atoms with Crippen LogP contribution in [0.5, 0.6) is 5.75 Å². The van der Waals surface area contributed by atoms with Crippen LogP contribution in [0.2, 0.25) is 0 Å². The van der Waals surface area contributed by atoms with Gasteiger partial charge in [-0.1, -0.05) is 18.2 Å². The van der Waals surface area contributed by atoms with Crippen molar-refractivity contribution in [3.63, 3.8) is 0 Å². The number of guanidine groups is 1. The SMILES string of the molecule is CN=C(NCCOc1cccc(NC(C)=O)c1)NCc1ccc(C(F)(F)F)cc1.I. The molecule has 0 heterocycles. The summed E-state index contributed by atoms with van der Waals surface area (Å²) in [6.45, 7) is 2.57. The fourth-order valence-electron chi connectivity index (χ4n) is 2.42. The van der Waals surface area contributed by atoms with Gasteiger partial charge in [-0.2, -0.15) is 13.2 Å². The maximum Gasteiger partial charge on any atom is 0.416 e. The van der Waals surface area contributed by atoms with Crippen molar-refractivity contribution in [1.82, 2.24) is 10.6 Å². The summed E-state index contributed by atoms with van der Waals surface area (Å²) in [5.74, 6) is 0.956. The third-order valence-electron chi connectivity index (χ3n) is 3.78. The average molecular weight is 536 g/mol. The Labute approximate surface area is 190 Å². The Morgan fingerprint density at radius 1 is 1.10 bits per heavy atom. The number of alkyl halides is 3. The zero-order valence-electron chi connectivity index (χ0n) is 16.5.